The third kappa shape index (κ3) is 4.83. The Hall–Kier alpha value is -2.80. The summed E-state index contributed by atoms with van der Waals surface area (Å²) in [6.45, 7) is 0. The molecule has 0 aromatic heterocycles. The molecular weight excluding hydrogens is 336 g/mol. The summed E-state index contributed by atoms with van der Waals surface area (Å²) in [6, 6.07) is 27.6. The highest BCUT2D eigenvalue weighted by Gasteiger charge is 2.57. The fourth-order valence-electron chi connectivity index (χ4n) is 2.11. The van der Waals surface area contributed by atoms with Gasteiger partial charge in [0.15, 0.2) is 0 Å². The summed E-state index contributed by atoms with van der Waals surface area (Å²) in [7, 11) is -2.35. The van der Waals surface area contributed by atoms with Crippen LogP contribution in [0.3, 0.4) is 0 Å². The Balaban J connectivity index is 1.94. The van der Waals surface area contributed by atoms with Gasteiger partial charge in [0, 0.05) is 0 Å². The molecule has 0 saturated heterocycles. The van der Waals surface area contributed by atoms with E-state index in [-0.39, 0.29) is 0 Å². The molecule has 6 heteroatoms. The maximum atomic E-state index is 6.00. The Morgan fingerprint density at radius 3 is 1.12 bits per heavy atom. The summed E-state index contributed by atoms with van der Waals surface area (Å²) in [6.07, 6.45) is 0. The lowest BCUT2D eigenvalue weighted by atomic mass is 10.3. The molecule has 0 fully saturated rings. The Bertz CT molecular complexity index is 651. The zero-order valence-corrected chi connectivity index (χ0v) is 14.7. The van der Waals surface area contributed by atoms with Gasteiger partial charge in [-0.25, -0.2) is 4.89 Å². The van der Waals surface area contributed by atoms with Crippen molar-refractivity contribution in [3.63, 3.8) is 0 Å². The lowest BCUT2D eigenvalue weighted by molar-refractivity contribution is -0.231. The summed E-state index contributed by atoms with van der Waals surface area (Å²) in [5.74, 6) is 1.66. The van der Waals surface area contributed by atoms with Crippen molar-refractivity contribution in [1.29, 1.82) is 0 Å². The maximum absolute atomic E-state index is 6.00. The second-order valence-electron chi connectivity index (χ2n) is 5.00. The van der Waals surface area contributed by atoms with Crippen molar-refractivity contribution in [2.75, 3.05) is 7.11 Å². The molecule has 5 nitrogen and oxygen atoms in total. The molecule has 0 bridgehead atoms. The minimum atomic E-state index is -3.74. The quantitative estimate of drug-likeness (QED) is 0.344. The smallest absolute Gasteiger partial charge is 0.460 e. The van der Waals surface area contributed by atoms with Gasteiger partial charge in [-0.1, -0.05) is 54.6 Å². The third-order valence-electron chi connectivity index (χ3n) is 3.14. The molecule has 128 valence electrons. The Labute approximate surface area is 147 Å². The Morgan fingerprint density at radius 2 is 0.840 bits per heavy atom. The van der Waals surface area contributed by atoms with Gasteiger partial charge in [-0.2, -0.15) is 4.58 Å². The molecule has 3 aromatic carbocycles. The molecular formula is C19H18O5Si. The fourth-order valence-corrected chi connectivity index (χ4v) is 3.82. The molecule has 0 unspecified atom stereocenters. The third-order valence-corrected chi connectivity index (χ3v) is 4.97. The molecule has 0 aliphatic carbocycles. The van der Waals surface area contributed by atoms with Gasteiger partial charge < -0.3 is 13.3 Å². The molecule has 0 heterocycles. The summed E-state index contributed by atoms with van der Waals surface area (Å²) < 4.78 is 23.4. The number of hydrogen-bond acceptors (Lipinski definition) is 5. The van der Waals surface area contributed by atoms with Crippen molar-refractivity contribution in [2.24, 2.45) is 0 Å². The standard InChI is InChI=1S/C19H18O5Si/c1-20-24-25(21-17-11-5-2-6-12-17,22-18-13-7-3-8-14-18)23-19-15-9-4-10-16-19/h2-16H,1H3. The Morgan fingerprint density at radius 1 is 0.520 bits per heavy atom. The molecule has 0 aliphatic rings. The van der Waals surface area contributed by atoms with Gasteiger partial charge in [0.25, 0.3) is 0 Å². The molecule has 0 atom stereocenters. The van der Waals surface area contributed by atoms with Crippen molar-refractivity contribution >= 4 is 9.05 Å². The fraction of sp³-hybridized carbons (Fsp3) is 0.0526. The SMILES string of the molecule is COO[Si](Oc1ccccc1)(Oc1ccccc1)Oc1ccccc1. The predicted octanol–water partition coefficient (Wildman–Crippen LogP) is 4.24. The van der Waals surface area contributed by atoms with Crippen LogP contribution in [0.4, 0.5) is 0 Å². The average molecular weight is 354 g/mol. The summed E-state index contributed by atoms with van der Waals surface area (Å²) in [5.41, 5.74) is 0. The molecule has 3 aromatic rings. The average Bonchev–Trinajstić information content (AvgIpc) is 2.64. The highest BCUT2D eigenvalue weighted by Crippen LogP contribution is 2.24. The largest absolute Gasteiger partial charge is 0.921 e. The maximum Gasteiger partial charge on any atom is 0.921 e. The van der Waals surface area contributed by atoms with Crippen LogP contribution in [-0.4, -0.2) is 16.2 Å². The van der Waals surface area contributed by atoms with E-state index in [4.69, 9.17) is 22.7 Å². The minimum Gasteiger partial charge on any atom is -0.460 e. The number of hydrogen-bond donors (Lipinski definition) is 0. The van der Waals surface area contributed by atoms with Crippen LogP contribution in [0.15, 0.2) is 91.0 Å². The highest BCUT2D eigenvalue weighted by molar-refractivity contribution is 6.55. The van der Waals surface area contributed by atoms with Gasteiger partial charge >= 0.3 is 9.05 Å². The van der Waals surface area contributed by atoms with Crippen LogP contribution in [0.1, 0.15) is 0 Å². The Kier molecular flexibility index (Phi) is 5.68. The van der Waals surface area contributed by atoms with Gasteiger partial charge in [0.05, 0.1) is 7.11 Å². The number of benzene rings is 3. The molecule has 0 spiro atoms. The molecule has 0 amide bonds. The van der Waals surface area contributed by atoms with E-state index in [9.17, 15) is 0 Å². The predicted molar refractivity (Wildman–Crippen MR) is 95.1 cm³/mol. The van der Waals surface area contributed by atoms with Crippen LogP contribution in [0.25, 0.3) is 0 Å². The number of para-hydroxylation sites is 3. The zero-order chi connectivity index (χ0) is 17.4. The van der Waals surface area contributed by atoms with Crippen LogP contribution in [0, 0.1) is 0 Å². The topological polar surface area (TPSA) is 46.2 Å². The first-order chi connectivity index (χ1) is 12.3. The molecule has 0 N–H and O–H groups in total. The van der Waals surface area contributed by atoms with Gasteiger partial charge in [-0.3, -0.25) is 0 Å². The summed E-state index contributed by atoms with van der Waals surface area (Å²) >= 11 is 0. The first-order valence-corrected chi connectivity index (χ1v) is 9.37. The molecule has 0 radical (unpaired) electrons. The van der Waals surface area contributed by atoms with E-state index in [2.05, 4.69) is 0 Å². The van der Waals surface area contributed by atoms with E-state index in [1.165, 1.54) is 7.11 Å². The second kappa shape index (κ2) is 8.34. The van der Waals surface area contributed by atoms with E-state index >= 15 is 0 Å². The monoisotopic (exact) mass is 354 g/mol. The van der Waals surface area contributed by atoms with E-state index in [0.717, 1.165) is 0 Å². The van der Waals surface area contributed by atoms with Crippen molar-refractivity contribution in [1.82, 2.24) is 0 Å². The van der Waals surface area contributed by atoms with Gasteiger partial charge in [0.2, 0.25) is 0 Å². The second-order valence-corrected chi connectivity index (χ2v) is 6.77. The van der Waals surface area contributed by atoms with Crippen LogP contribution < -0.4 is 13.3 Å². The van der Waals surface area contributed by atoms with E-state index < -0.39 is 9.05 Å². The van der Waals surface area contributed by atoms with E-state index in [1.54, 1.807) is 36.4 Å². The number of rotatable bonds is 8. The lowest BCUT2D eigenvalue weighted by Crippen LogP contribution is -2.57. The van der Waals surface area contributed by atoms with Gasteiger partial charge in [0.1, 0.15) is 17.2 Å². The lowest BCUT2D eigenvalue weighted by Gasteiger charge is -2.26. The highest BCUT2D eigenvalue weighted by atomic mass is 28.4. The van der Waals surface area contributed by atoms with Crippen LogP contribution in [-0.2, 0) is 9.46 Å². The summed E-state index contributed by atoms with van der Waals surface area (Å²) in [4.78, 5) is 4.91. The van der Waals surface area contributed by atoms with E-state index in [1.807, 2.05) is 54.6 Å². The normalized spacial score (nSPS) is 10.9. The first kappa shape index (κ1) is 17.0. The molecule has 25 heavy (non-hydrogen) atoms. The van der Waals surface area contributed by atoms with Gasteiger partial charge in [-0.05, 0) is 36.4 Å². The van der Waals surface area contributed by atoms with Crippen molar-refractivity contribution in [3.8, 4) is 17.2 Å². The molecule has 3 rings (SSSR count). The zero-order valence-electron chi connectivity index (χ0n) is 13.7. The van der Waals surface area contributed by atoms with Crippen LogP contribution in [0.5, 0.6) is 17.2 Å². The van der Waals surface area contributed by atoms with Gasteiger partial charge in [-0.15, -0.1) is 0 Å². The van der Waals surface area contributed by atoms with Crippen LogP contribution >= 0.6 is 0 Å². The summed E-state index contributed by atoms with van der Waals surface area (Å²) in [5, 5.41) is 0. The first-order valence-electron chi connectivity index (χ1n) is 7.74. The van der Waals surface area contributed by atoms with Crippen LogP contribution in [0.2, 0.25) is 0 Å². The molecule has 0 aliphatic heterocycles. The minimum absolute atomic E-state index is 0.554. The molecule has 0 saturated carbocycles. The van der Waals surface area contributed by atoms with Crippen molar-refractivity contribution < 1.29 is 22.7 Å². The van der Waals surface area contributed by atoms with E-state index in [0.29, 0.717) is 17.2 Å². The van der Waals surface area contributed by atoms with Crippen molar-refractivity contribution in [3.05, 3.63) is 91.0 Å². The van der Waals surface area contributed by atoms with Crippen molar-refractivity contribution in [2.45, 2.75) is 0 Å².